The first-order valence-electron chi connectivity index (χ1n) is 11.6. The largest absolute Gasteiger partial charge is 0.490 e. The molecule has 1 aliphatic rings. The number of thioether (sulfide) groups is 1. The van der Waals surface area contributed by atoms with Gasteiger partial charge in [0, 0.05) is 4.47 Å². The van der Waals surface area contributed by atoms with Gasteiger partial charge in [0.2, 0.25) is 0 Å². The van der Waals surface area contributed by atoms with Crippen molar-refractivity contribution in [2.24, 2.45) is 0 Å². The Morgan fingerprint density at radius 3 is 2.50 bits per heavy atom. The number of carbonyl (C=O) groups is 3. The topological polar surface area (TPSA) is 84.9 Å². The van der Waals surface area contributed by atoms with Crippen LogP contribution >= 0.6 is 39.3 Å². The maximum Gasteiger partial charge on any atom is 0.293 e. The minimum absolute atomic E-state index is 0.112. The number of nitrogens with zero attached hydrogens (tertiary/aromatic N) is 1. The van der Waals surface area contributed by atoms with Gasteiger partial charge < -0.3 is 14.8 Å². The highest BCUT2D eigenvalue weighted by molar-refractivity contribution is 9.10. The molecule has 1 N–H and O–H groups in total. The van der Waals surface area contributed by atoms with E-state index in [1.54, 1.807) is 54.6 Å². The molecule has 3 amide bonds. The van der Waals surface area contributed by atoms with Crippen LogP contribution in [-0.4, -0.2) is 41.7 Å². The molecule has 1 heterocycles. The number of halogens is 2. The van der Waals surface area contributed by atoms with Crippen LogP contribution in [0.4, 0.5) is 10.5 Å². The summed E-state index contributed by atoms with van der Waals surface area (Å²) in [6.07, 6.45) is 1.65. The maximum absolute atomic E-state index is 12.7. The zero-order chi connectivity index (χ0) is 27.2. The molecule has 7 nitrogen and oxygen atoms in total. The molecule has 10 heteroatoms. The number of hydrogen-bond acceptors (Lipinski definition) is 6. The van der Waals surface area contributed by atoms with E-state index >= 15 is 0 Å². The van der Waals surface area contributed by atoms with E-state index < -0.39 is 0 Å². The molecule has 0 aromatic heterocycles. The molecule has 0 spiro atoms. The zero-order valence-electron chi connectivity index (χ0n) is 20.6. The molecule has 38 heavy (non-hydrogen) atoms. The van der Waals surface area contributed by atoms with Gasteiger partial charge in [0.05, 0.1) is 22.2 Å². The normalized spacial score (nSPS) is 14.2. The van der Waals surface area contributed by atoms with Crippen molar-refractivity contribution in [3.8, 4) is 11.5 Å². The van der Waals surface area contributed by atoms with Crippen molar-refractivity contribution in [1.82, 2.24) is 4.90 Å². The summed E-state index contributed by atoms with van der Waals surface area (Å²) in [6.45, 7) is 4.07. The molecule has 0 radical (unpaired) electrons. The van der Waals surface area contributed by atoms with Gasteiger partial charge in [-0.05, 0) is 101 Å². The lowest BCUT2D eigenvalue weighted by molar-refractivity contribution is -0.123. The smallest absolute Gasteiger partial charge is 0.293 e. The first kappa shape index (κ1) is 27.8. The molecule has 0 saturated carbocycles. The van der Waals surface area contributed by atoms with E-state index in [1.165, 1.54) is 0 Å². The van der Waals surface area contributed by atoms with Crippen molar-refractivity contribution >= 4 is 68.1 Å². The van der Waals surface area contributed by atoms with E-state index in [0.717, 1.165) is 37.8 Å². The fraction of sp³-hybridized carbons (Fsp3) is 0.179. The van der Waals surface area contributed by atoms with E-state index in [1.807, 2.05) is 26.0 Å². The van der Waals surface area contributed by atoms with Crippen LogP contribution in [0.1, 0.15) is 16.7 Å². The standard InChI is InChI=1S/C28H24BrClN2O5S/c1-17-13-21(29)23(14-18(17)2)31-26(33)16-37-20-9-7-19(8-10-20)15-25-27(34)32(28(35)38-25)11-12-36-24-6-4-3-5-22(24)30/h3-10,13-15H,11-12,16H2,1-2H3,(H,31,33)/b25-15-. The zero-order valence-corrected chi connectivity index (χ0v) is 23.8. The highest BCUT2D eigenvalue weighted by Crippen LogP contribution is 2.32. The molecule has 1 saturated heterocycles. The molecule has 0 aliphatic carbocycles. The number of anilines is 1. The molecule has 196 valence electrons. The number of benzene rings is 3. The van der Waals surface area contributed by atoms with Gasteiger partial charge in [-0.1, -0.05) is 35.9 Å². The number of nitrogens with one attached hydrogen (secondary N) is 1. The van der Waals surface area contributed by atoms with E-state index in [2.05, 4.69) is 21.2 Å². The Morgan fingerprint density at radius 2 is 1.76 bits per heavy atom. The van der Waals surface area contributed by atoms with Gasteiger partial charge in [-0.2, -0.15) is 0 Å². The Morgan fingerprint density at radius 1 is 1.05 bits per heavy atom. The summed E-state index contributed by atoms with van der Waals surface area (Å²) in [4.78, 5) is 38.9. The maximum atomic E-state index is 12.7. The average Bonchev–Trinajstić information content (AvgIpc) is 3.15. The van der Waals surface area contributed by atoms with Crippen molar-refractivity contribution in [3.05, 3.63) is 91.8 Å². The quantitative estimate of drug-likeness (QED) is 0.265. The second kappa shape index (κ2) is 12.5. The first-order chi connectivity index (χ1) is 18.2. The number of imide groups is 1. The van der Waals surface area contributed by atoms with E-state index in [4.69, 9.17) is 21.1 Å². The minimum Gasteiger partial charge on any atom is -0.490 e. The van der Waals surface area contributed by atoms with Gasteiger partial charge in [-0.15, -0.1) is 0 Å². The van der Waals surface area contributed by atoms with Crippen molar-refractivity contribution in [1.29, 1.82) is 0 Å². The fourth-order valence-electron chi connectivity index (χ4n) is 3.53. The molecule has 0 bridgehead atoms. The molecule has 4 rings (SSSR count). The van der Waals surface area contributed by atoms with Crippen LogP contribution in [0.5, 0.6) is 11.5 Å². The molecule has 3 aromatic carbocycles. The van der Waals surface area contributed by atoms with E-state index in [9.17, 15) is 14.4 Å². The van der Waals surface area contributed by atoms with Gasteiger partial charge in [0.25, 0.3) is 17.1 Å². The third-order valence-electron chi connectivity index (χ3n) is 5.69. The lowest BCUT2D eigenvalue weighted by Crippen LogP contribution is -2.32. The van der Waals surface area contributed by atoms with Crippen molar-refractivity contribution < 1.29 is 23.9 Å². The molecular weight excluding hydrogens is 592 g/mol. The number of rotatable bonds is 9. The molecular formula is C28H24BrClN2O5S. The lowest BCUT2D eigenvalue weighted by Gasteiger charge is -2.13. The van der Waals surface area contributed by atoms with Crippen LogP contribution in [-0.2, 0) is 9.59 Å². The number of ether oxygens (including phenoxy) is 2. The van der Waals surface area contributed by atoms with Gasteiger partial charge in [0.1, 0.15) is 18.1 Å². The summed E-state index contributed by atoms with van der Waals surface area (Å²) < 4.78 is 12.0. The Kier molecular flexibility index (Phi) is 9.14. The fourth-order valence-corrected chi connectivity index (χ4v) is 5.14. The van der Waals surface area contributed by atoms with Crippen LogP contribution < -0.4 is 14.8 Å². The number of aryl methyl sites for hydroxylation is 2. The van der Waals surface area contributed by atoms with E-state index in [0.29, 0.717) is 27.1 Å². The Hall–Kier alpha value is -3.27. The summed E-state index contributed by atoms with van der Waals surface area (Å²) in [5.74, 6) is 0.332. The summed E-state index contributed by atoms with van der Waals surface area (Å²) in [5.41, 5.74) is 3.60. The predicted octanol–water partition coefficient (Wildman–Crippen LogP) is 6.85. The van der Waals surface area contributed by atoms with Gasteiger partial charge in [-0.25, -0.2) is 0 Å². The second-order valence-corrected chi connectivity index (χ2v) is 10.7. The number of amides is 3. The molecule has 0 unspecified atom stereocenters. The monoisotopic (exact) mass is 614 g/mol. The van der Waals surface area contributed by atoms with Gasteiger partial charge in [0.15, 0.2) is 6.61 Å². The molecule has 1 fully saturated rings. The highest BCUT2D eigenvalue weighted by Gasteiger charge is 2.34. The Labute approximate surface area is 238 Å². The summed E-state index contributed by atoms with van der Waals surface area (Å²) in [6, 6.07) is 17.8. The van der Waals surface area contributed by atoms with Crippen LogP contribution in [0.25, 0.3) is 6.08 Å². The molecule has 1 aliphatic heterocycles. The van der Waals surface area contributed by atoms with Gasteiger partial charge >= 0.3 is 0 Å². The van der Waals surface area contributed by atoms with Crippen LogP contribution in [0.15, 0.2) is 70.0 Å². The lowest BCUT2D eigenvalue weighted by atomic mass is 10.1. The second-order valence-electron chi connectivity index (χ2n) is 8.43. The minimum atomic E-state index is -0.378. The molecule has 3 aromatic rings. The number of hydrogen-bond donors (Lipinski definition) is 1. The third-order valence-corrected chi connectivity index (χ3v) is 7.56. The van der Waals surface area contributed by atoms with Crippen molar-refractivity contribution in [2.45, 2.75) is 13.8 Å². The van der Waals surface area contributed by atoms with Crippen molar-refractivity contribution in [2.75, 3.05) is 25.1 Å². The van der Waals surface area contributed by atoms with Crippen LogP contribution in [0, 0.1) is 13.8 Å². The van der Waals surface area contributed by atoms with Crippen LogP contribution in [0.2, 0.25) is 5.02 Å². The predicted molar refractivity (Wildman–Crippen MR) is 154 cm³/mol. The summed E-state index contributed by atoms with van der Waals surface area (Å²) in [5, 5.41) is 2.94. The third kappa shape index (κ3) is 6.98. The first-order valence-corrected chi connectivity index (χ1v) is 13.6. The number of para-hydroxylation sites is 1. The SMILES string of the molecule is Cc1cc(Br)c(NC(=O)COc2ccc(/C=C3\SC(=O)N(CCOc4ccccc4Cl)C3=O)cc2)cc1C. The van der Waals surface area contributed by atoms with Crippen LogP contribution in [0.3, 0.4) is 0 Å². The summed E-state index contributed by atoms with van der Waals surface area (Å²) in [7, 11) is 0. The van der Waals surface area contributed by atoms with Crippen molar-refractivity contribution in [3.63, 3.8) is 0 Å². The Bertz CT molecular complexity index is 1410. The summed E-state index contributed by atoms with van der Waals surface area (Å²) >= 11 is 10.4. The highest BCUT2D eigenvalue weighted by atomic mass is 79.9. The number of carbonyl (C=O) groups excluding carboxylic acids is 3. The van der Waals surface area contributed by atoms with E-state index in [-0.39, 0.29) is 36.8 Å². The molecule has 0 atom stereocenters. The average molecular weight is 616 g/mol. The Balaban J connectivity index is 1.29. The van der Waals surface area contributed by atoms with Gasteiger partial charge in [-0.3, -0.25) is 19.3 Å².